The Labute approximate surface area is 146 Å². The summed E-state index contributed by atoms with van der Waals surface area (Å²) in [7, 11) is 0. The van der Waals surface area contributed by atoms with E-state index in [2.05, 4.69) is 15.2 Å². The molecule has 25 heavy (non-hydrogen) atoms. The summed E-state index contributed by atoms with van der Waals surface area (Å²) in [5, 5.41) is 2.73. The molecule has 1 aromatic carbocycles. The van der Waals surface area contributed by atoms with Crippen molar-refractivity contribution in [2.75, 3.05) is 29.9 Å². The van der Waals surface area contributed by atoms with Gasteiger partial charge in [0.15, 0.2) is 6.61 Å². The maximum Gasteiger partial charge on any atom is 0.340 e. The Morgan fingerprint density at radius 2 is 1.84 bits per heavy atom. The first-order chi connectivity index (χ1) is 12.2. The first-order valence-electron chi connectivity index (χ1n) is 8.44. The third kappa shape index (κ3) is 4.79. The largest absolute Gasteiger partial charge is 0.452 e. The van der Waals surface area contributed by atoms with Crippen LogP contribution >= 0.6 is 0 Å². The second kappa shape index (κ2) is 8.28. The molecule has 0 radical (unpaired) electrons. The molecule has 1 aromatic heterocycles. The highest BCUT2D eigenvalue weighted by Crippen LogP contribution is 2.21. The van der Waals surface area contributed by atoms with Crippen LogP contribution in [0.15, 0.2) is 48.8 Å². The first-order valence-corrected chi connectivity index (χ1v) is 8.44. The number of esters is 1. The molecular formula is C19H21N3O3. The number of amides is 1. The number of anilines is 2. The van der Waals surface area contributed by atoms with Crippen LogP contribution in [-0.4, -0.2) is 36.6 Å². The van der Waals surface area contributed by atoms with Gasteiger partial charge in [-0.2, -0.15) is 0 Å². The second-order valence-corrected chi connectivity index (χ2v) is 5.96. The molecule has 3 rings (SSSR count). The third-order valence-corrected chi connectivity index (χ3v) is 4.10. The van der Waals surface area contributed by atoms with E-state index < -0.39 is 5.97 Å². The van der Waals surface area contributed by atoms with Crippen molar-refractivity contribution in [3.8, 4) is 0 Å². The predicted octanol–water partition coefficient (Wildman–Crippen LogP) is 2.87. The molecule has 130 valence electrons. The zero-order valence-corrected chi connectivity index (χ0v) is 14.0. The van der Waals surface area contributed by atoms with E-state index >= 15 is 0 Å². The van der Waals surface area contributed by atoms with E-state index in [9.17, 15) is 9.59 Å². The molecule has 2 heterocycles. The predicted molar refractivity (Wildman–Crippen MR) is 95.7 cm³/mol. The maximum absolute atomic E-state index is 11.9. The second-order valence-electron chi connectivity index (χ2n) is 5.96. The van der Waals surface area contributed by atoms with Gasteiger partial charge in [-0.15, -0.1) is 0 Å². The fourth-order valence-corrected chi connectivity index (χ4v) is 2.80. The summed E-state index contributed by atoms with van der Waals surface area (Å²) in [6, 6.07) is 11.0. The van der Waals surface area contributed by atoms with E-state index in [-0.39, 0.29) is 12.5 Å². The van der Waals surface area contributed by atoms with Crippen LogP contribution in [0.3, 0.4) is 0 Å². The molecular weight excluding hydrogens is 318 g/mol. The lowest BCUT2D eigenvalue weighted by atomic mass is 10.1. The van der Waals surface area contributed by atoms with Crippen molar-refractivity contribution in [1.29, 1.82) is 0 Å². The van der Waals surface area contributed by atoms with Gasteiger partial charge >= 0.3 is 5.97 Å². The summed E-state index contributed by atoms with van der Waals surface area (Å²) in [5.41, 5.74) is 2.17. The van der Waals surface area contributed by atoms with Crippen molar-refractivity contribution >= 4 is 23.3 Å². The van der Waals surface area contributed by atoms with Crippen LogP contribution in [0.4, 0.5) is 11.4 Å². The maximum atomic E-state index is 11.9. The minimum absolute atomic E-state index is 0.321. The van der Waals surface area contributed by atoms with E-state index in [0.29, 0.717) is 11.3 Å². The number of nitrogens with zero attached hydrogens (tertiary/aromatic N) is 2. The van der Waals surface area contributed by atoms with Gasteiger partial charge in [0.1, 0.15) is 0 Å². The molecule has 1 N–H and O–H groups in total. The lowest BCUT2D eigenvalue weighted by molar-refractivity contribution is -0.119. The van der Waals surface area contributed by atoms with Gasteiger partial charge in [-0.3, -0.25) is 9.78 Å². The van der Waals surface area contributed by atoms with Crippen molar-refractivity contribution in [3.05, 3.63) is 54.4 Å². The Balaban J connectivity index is 1.48. The van der Waals surface area contributed by atoms with E-state index in [1.54, 1.807) is 18.3 Å². The summed E-state index contributed by atoms with van der Waals surface area (Å²) in [6.07, 6.45) is 6.71. The zero-order valence-electron chi connectivity index (χ0n) is 14.0. The molecule has 1 aliphatic rings. The number of aromatic nitrogens is 1. The van der Waals surface area contributed by atoms with Gasteiger partial charge in [0.05, 0.1) is 5.56 Å². The van der Waals surface area contributed by atoms with Gasteiger partial charge < -0.3 is 15.0 Å². The third-order valence-electron chi connectivity index (χ3n) is 4.10. The van der Waals surface area contributed by atoms with Crippen LogP contribution < -0.4 is 10.2 Å². The van der Waals surface area contributed by atoms with Gasteiger partial charge in [-0.25, -0.2) is 4.79 Å². The SMILES string of the molecule is O=C(COC(=O)c1cccnc1)Nc1ccc(N2CCCCC2)cc1. The molecule has 1 saturated heterocycles. The van der Waals surface area contributed by atoms with Crippen molar-refractivity contribution < 1.29 is 14.3 Å². The number of rotatable bonds is 5. The van der Waals surface area contributed by atoms with Crippen LogP contribution in [0.1, 0.15) is 29.6 Å². The van der Waals surface area contributed by atoms with Gasteiger partial charge in [0.2, 0.25) is 0 Å². The molecule has 0 saturated carbocycles. The van der Waals surface area contributed by atoms with Crippen LogP contribution in [0, 0.1) is 0 Å². The standard InChI is InChI=1S/C19H21N3O3/c23-18(14-25-19(24)15-5-4-10-20-13-15)21-16-6-8-17(9-7-16)22-11-2-1-3-12-22/h4-10,13H,1-3,11-12,14H2,(H,21,23). The minimum atomic E-state index is -0.566. The highest BCUT2D eigenvalue weighted by atomic mass is 16.5. The van der Waals surface area contributed by atoms with E-state index in [1.165, 1.54) is 31.1 Å². The van der Waals surface area contributed by atoms with Crippen molar-refractivity contribution in [2.24, 2.45) is 0 Å². The van der Waals surface area contributed by atoms with Crippen molar-refractivity contribution in [2.45, 2.75) is 19.3 Å². The normalized spacial score (nSPS) is 14.0. The average molecular weight is 339 g/mol. The van der Waals surface area contributed by atoms with Crippen molar-refractivity contribution in [1.82, 2.24) is 4.98 Å². The summed E-state index contributed by atoms with van der Waals surface area (Å²) in [5.74, 6) is -0.938. The Bertz CT molecular complexity index is 710. The number of hydrogen-bond donors (Lipinski definition) is 1. The zero-order chi connectivity index (χ0) is 17.5. The minimum Gasteiger partial charge on any atom is -0.452 e. The highest BCUT2D eigenvalue weighted by molar-refractivity contribution is 5.95. The number of piperidine rings is 1. The van der Waals surface area contributed by atoms with Gasteiger partial charge in [-0.05, 0) is 55.7 Å². The number of hydrogen-bond acceptors (Lipinski definition) is 5. The number of benzene rings is 1. The number of nitrogens with one attached hydrogen (secondary N) is 1. The Morgan fingerprint density at radius 3 is 2.52 bits per heavy atom. The molecule has 1 fully saturated rings. The Hall–Kier alpha value is -2.89. The molecule has 0 spiro atoms. The highest BCUT2D eigenvalue weighted by Gasteiger charge is 2.12. The Kier molecular flexibility index (Phi) is 5.61. The molecule has 2 aromatic rings. The first kappa shape index (κ1) is 17.0. The van der Waals surface area contributed by atoms with Crippen LogP contribution in [0.25, 0.3) is 0 Å². The smallest absolute Gasteiger partial charge is 0.340 e. The fraction of sp³-hybridized carbons (Fsp3) is 0.316. The van der Waals surface area contributed by atoms with E-state index in [1.807, 2.05) is 24.3 Å². The summed E-state index contributed by atoms with van der Waals surface area (Å²) in [4.78, 5) is 29.9. The van der Waals surface area contributed by atoms with E-state index in [4.69, 9.17) is 4.74 Å². The molecule has 1 aliphatic heterocycles. The van der Waals surface area contributed by atoms with E-state index in [0.717, 1.165) is 13.1 Å². The lowest BCUT2D eigenvalue weighted by Crippen LogP contribution is -2.29. The van der Waals surface area contributed by atoms with Crippen LogP contribution in [0.2, 0.25) is 0 Å². The van der Waals surface area contributed by atoms with Crippen LogP contribution in [-0.2, 0) is 9.53 Å². The number of carbonyl (C=O) groups excluding carboxylic acids is 2. The van der Waals surface area contributed by atoms with Gasteiger partial charge in [0.25, 0.3) is 5.91 Å². The number of ether oxygens (including phenoxy) is 1. The molecule has 1 amide bonds. The van der Waals surface area contributed by atoms with Crippen molar-refractivity contribution in [3.63, 3.8) is 0 Å². The number of pyridine rings is 1. The van der Waals surface area contributed by atoms with Crippen LogP contribution in [0.5, 0.6) is 0 Å². The number of carbonyl (C=O) groups is 2. The lowest BCUT2D eigenvalue weighted by Gasteiger charge is -2.28. The average Bonchev–Trinajstić information content (AvgIpc) is 2.68. The summed E-state index contributed by atoms with van der Waals surface area (Å²) in [6.45, 7) is 1.83. The fourth-order valence-electron chi connectivity index (χ4n) is 2.80. The molecule has 0 bridgehead atoms. The summed E-state index contributed by atoms with van der Waals surface area (Å²) < 4.78 is 4.98. The molecule has 6 nitrogen and oxygen atoms in total. The quantitative estimate of drug-likeness (QED) is 0.848. The summed E-state index contributed by atoms with van der Waals surface area (Å²) >= 11 is 0. The molecule has 0 unspecified atom stereocenters. The monoisotopic (exact) mass is 339 g/mol. The molecule has 6 heteroatoms. The molecule has 0 atom stereocenters. The molecule has 0 aliphatic carbocycles. The topological polar surface area (TPSA) is 71.5 Å². The van der Waals surface area contributed by atoms with Gasteiger partial charge in [0, 0.05) is 36.9 Å². The Morgan fingerprint density at radius 1 is 1.08 bits per heavy atom. The van der Waals surface area contributed by atoms with Gasteiger partial charge in [-0.1, -0.05) is 0 Å².